The number of rotatable bonds is 1. The first-order chi connectivity index (χ1) is 7.83. The van der Waals surface area contributed by atoms with Crippen LogP contribution in [0.1, 0.15) is 35.9 Å². The van der Waals surface area contributed by atoms with E-state index in [0.717, 1.165) is 11.5 Å². The Morgan fingerprint density at radius 3 is 3.19 bits per heavy atom. The molecule has 1 aliphatic rings. The van der Waals surface area contributed by atoms with Gasteiger partial charge in [0.15, 0.2) is 11.5 Å². The summed E-state index contributed by atoms with van der Waals surface area (Å²) >= 11 is 2.00. The molecule has 0 spiro atoms. The smallest absolute Gasteiger partial charge is 0.164 e. The molecule has 2 aromatic heterocycles. The number of aryl methyl sites for hydroxylation is 1. The van der Waals surface area contributed by atoms with Gasteiger partial charge in [0, 0.05) is 6.20 Å². The molecule has 4 heteroatoms. The Bertz CT molecular complexity index is 500. The number of pyridine rings is 1. The Morgan fingerprint density at radius 1 is 1.44 bits per heavy atom. The van der Waals surface area contributed by atoms with Crippen LogP contribution in [-0.2, 0) is 0 Å². The van der Waals surface area contributed by atoms with Gasteiger partial charge in [-0.2, -0.15) is 16.9 Å². The summed E-state index contributed by atoms with van der Waals surface area (Å²) in [6.45, 7) is 2.09. The van der Waals surface area contributed by atoms with Crippen LogP contribution in [0.4, 0.5) is 0 Å². The van der Waals surface area contributed by atoms with Gasteiger partial charge in [-0.1, -0.05) is 6.42 Å². The zero-order chi connectivity index (χ0) is 11.0. The van der Waals surface area contributed by atoms with Crippen LogP contribution in [0, 0.1) is 6.92 Å². The predicted octanol–water partition coefficient (Wildman–Crippen LogP) is 3.00. The van der Waals surface area contributed by atoms with Gasteiger partial charge < -0.3 is 0 Å². The Balaban J connectivity index is 1.97. The largest absolute Gasteiger partial charge is 0.221 e. The molecule has 3 nitrogen and oxygen atoms in total. The number of thioether (sulfide) groups is 1. The standard InChI is InChI=1S/C12H15N3S/c1-9-5-6-15-11(8-9)13-12(14-15)10-4-2-3-7-16-10/h5-6,8,10H,2-4,7H2,1H3. The Hall–Kier alpha value is -1.03. The molecule has 2 aromatic rings. The first-order valence-electron chi connectivity index (χ1n) is 5.77. The van der Waals surface area contributed by atoms with E-state index in [-0.39, 0.29) is 0 Å². The van der Waals surface area contributed by atoms with Crippen LogP contribution in [0.15, 0.2) is 18.3 Å². The predicted molar refractivity (Wildman–Crippen MR) is 66.8 cm³/mol. The lowest BCUT2D eigenvalue weighted by molar-refractivity contribution is 0.661. The van der Waals surface area contributed by atoms with E-state index in [1.165, 1.54) is 30.6 Å². The zero-order valence-corrected chi connectivity index (χ0v) is 10.2. The van der Waals surface area contributed by atoms with Crippen molar-refractivity contribution >= 4 is 17.4 Å². The third-order valence-electron chi connectivity index (χ3n) is 2.98. The molecule has 0 N–H and O–H groups in total. The number of fused-ring (bicyclic) bond motifs is 1. The van der Waals surface area contributed by atoms with Gasteiger partial charge >= 0.3 is 0 Å². The summed E-state index contributed by atoms with van der Waals surface area (Å²) in [5, 5.41) is 5.07. The average molecular weight is 233 g/mol. The molecule has 0 aliphatic carbocycles. The molecule has 0 saturated carbocycles. The maximum absolute atomic E-state index is 4.63. The fraction of sp³-hybridized carbons (Fsp3) is 0.500. The van der Waals surface area contributed by atoms with Crippen molar-refractivity contribution in [2.75, 3.05) is 5.75 Å². The minimum Gasteiger partial charge on any atom is -0.221 e. The second kappa shape index (κ2) is 4.09. The van der Waals surface area contributed by atoms with Crippen LogP contribution < -0.4 is 0 Å². The third kappa shape index (κ3) is 1.82. The monoisotopic (exact) mass is 233 g/mol. The van der Waals surface area contributed by atoms with E-state index in [4.69, 9.17) is 0 Å². The summed E-state index contributed by atoms with van der Waals surface area (Å²) < 4.78 is 1.89. The average Bonchev–Trinajstić information content (AvgIpc) is 2.73. The first kappa shape index (κ1) is 10.1. The summed E-state index contributed by atoms with van der Waals surface area (Å²) in [4.78, 5) is 4.63. The minimum atomic E-state index is 0.508. The van der Waals surface area contributed by atoms with E-state index in [1.807, 2.05) is 22.5 Å². The van der Waals surface area contributed by atoms with Gasteiger partial charge in [-0.3, -0.25) is 0 Å². The molecule has 0 amide bonds. The van der Waals surface area contributed by atoms with Gasteiger partial charge in [-0.15, -0.1) is 0 Å². The Labute approximate surface area is 99.3 Å². The van der Waals surface area contributed by atoms with Crippen molar-refractivity contribution in [1.29, 1.82) is 0 Å². The SMILES string of the molecule is Cc1ccn2nc(C3CCCCS3)nc2c1. The molecule has 3 heterocycles. The van der Waals surface area contributed by atoms with Gasteiger partial charge in [-0.05, 0) is 43.2 Å². The van der Waals surface area contributed by atoms with Crippen molar-refractivity contribution in [2.45, 2.75) is 31.4 Å². The molecule has 1 fully saturated rings. The van der Waals surface area contributed by atoms with Crippen LogP contribution in [-0.4, -0.2) is 20.4 Å². The fourth-order valence-electron chi connectivity index (χ4n) is 2.08. The summed E-state index contributed by atoms with van der Waals surface area (Å²) in [7, 11) is 0. The van der Waals surface area contributed by atoms with Gasteiger partial charge in [0.2, 0.25) is 0 Å². The van der Waals surface area contributed by atoms with Crippen LogP contribution in [0.2, 0.25) is 0 Å². The molecule has 1 saturated heterocycles. The van der Waals surface area contributed by atoms with E-state index in [9.17, 15) is 0 Å². The lowest BCUT2D eigenvalue weighted by Crippen LogP contribution is -2.04. The molecular weight excluding hydrogens is 218 g/mol. The van der Waals surface area contributed by atoms with Gasteiger partial charge in [0.25, 0.3) is 0 Å². The van der Waals surface area contributed by atoms with Crippen molar-refractivity contribution in [3.63, 3.8) is 0 Å². The molecular formula is C12H15N3S. The molecule has 84 valence electrons. The van der Waals surface area contributed by atoms with Crippen LogP contribution in [0.5, 0.6) is 0 Å². The van der Waals surface area contributed by atoms with Crippen molar-refractivity contribution in [2.24, 2.45) is 0 Å². The quantitative estimate of drug-likeness (QED) is 0.758. The van der Waals surface area contributed by atoms with E-state index < -0.39 is 0 Å². The van der Waals surface area contributed by atoms with Crippen molar-refractivity contribution < 1.29 is 0 Å². The van der Waals surface area contributed by atoms with Gasteiger partial charge in [-0.25, -0.2) is 9.50 Å². The second-order valence-electron chi connectivity index (χ2n) is 4.33. The van der Waals surface area contributed by atoms with Crippen LogP contribution >= 0.6 is 11.8 Å². The van der Waals surface area contributed by atoms with Crippen LogP contribution in [0.25, 0.3) is 5.65 Å². The highest BCUT2D eigenvalue weighted by atomic mass is 32.2. The van der Waals surface area contributed by atoms with E-state index in [1.54, 1.807) is 0 Å². The summed E-state index contributed by atoms with van der Waals surface area (Å²) in [5.41, 5.74) is 2.21. The van der Waals surface area contributed by atoms with Gasteiger partial charge in [0.1, 0.15) is 0 Å². The van der Waals surface area contributed by atoms with E-state index >= 15 is 0 Å². The number of nitrogens with zero attached hydrogens (tertiary/aromatic N) is 3. The van der Waals surface area contributed by atoms with Crippen molar-refractivity contribution in [3.05, 3.63) is 29.7 Å². The summed E-state index contributed by atoms with van der Waals surface area (Å²) in [6, 6.07) is 4.16. The van der Waals surface area contributed by atoms with Crippen molar-refractivity contribution in [1.82, 2.24) is 14.6 Å². The molecule has 1 atom stereocenters. The number of hydrogen-bond acceptors (Lipinski definition) is 3. The zero-order valence-electron chi connectivity index (χ0n) is 9.39. The molecule has 0 aromatic carbocycles. The third-order valence-corrected chi connectivity index (χ3v) is 4.35. The topological polar surface area (TPSA) is 30.2 Å². The lowest BCUT2D eigenvalue weighted by Gasteiger charge is -2.17. The normalized spacial score (nSPS) is 21.4. The summed E-state index contributed by atoms with van der Waals surface area (Å²) in [6.07, 6.45) is 5.87. The van der Waals surface area contributed by atoms with E-state index in [2.05, 4.69) is 29.1 Å². The maximum Gasteiger partial charge on any atom is 0.164 e. The highest BCUT2D eigenvalue weighted by molar-refractivity contribution is 7.99. The molecule has 16 heavy (non-hydrogen) atoms. The molecule has 0 radical (unpaired) electrons. The highest BCUT2D eigenvalue weighted by Gasteiger charge is 2.20. The Kier molecular flexibility index (Phi) is 2.59. The van der Waals surface area contributed by atoms with Crippen molar-refractivity contribution in [3.8, 4) is 0 Å². The molecule has 1 unspecified atom stereocenters. The van der Waals surface area contributed by atoms with E-state index in [0.29, 0.717) is 5.25 Å². The first-order valence-corrected chi connectivity index (χ1v) is 6.82. The second-order valence-corrected chi connectivity index (χ2v) is 5.64. The summed E-state index contributed by atoms with van der Waals surface area (Å²) in [5.74, 6) is 2.26. The highest BCUT2D eigenvalue weighted by Crippen LogP contribution is 2.36. The Morgan fingerprint density at radius 2 is 2.38 bits per heavy atom. The van der Waals surface area contributed by atoms with Gasteiger partial charge in [0.05, 0.1) is 5.25 Å². The molecule has 1 aliphatic heterocycles. The molecule has 0 bridgehead atoms. The lowest BCUT2D eigenvalue weighted by atomic mass is 10.2. The number of aromatic nitrogens is 3. The fourth-order valence-corrected chi connectivity index (χ4v) is 3.32. The van der Waals surface area contributed by atoms with Crippen LogP contribution in [0.3, 0.4) is 0 Å². The maximum atomic E-state index is 4.63. The minimum absolute atomic E-state index is 0.508. The molecule has 3 rings (SSSR count). The number of hydrogen-bond donors (Lipinski definition) is 0.